The van der Waals surface area contributed by atoms with Crippen molar-refractivity contribution in [1.29, 1.82) is 0 Å². The number of cyclic esters (lactones) is 1. The summed E-state index contributed by atoms with van der Waals surface area (Å²) in [7, 11) is 3.61. The van der Waals surface area contributed by atoms with Crippen LogP contribution in [0.5, 0.6) is 11.5 Å². The molecule has 1 atom stereocenters. The first kappa shape index (κ1) is 12.8. The van der Waals surface area contributed by atoms with Crippen LogP contribution in [0.4, 0.5) is 0 Å². The van der Waals surface area contributed by atoms with Crippen molar-refractivity contribution in [2.75, 3.05) is 7.11 Å². The van der Waals surface area contributed by atoms with Gasteiger partial charge in [0.2, 0.25) is 0 Å². The molecule has 18 heavy (non-hydrogen) atoms. The first-order chi connectivity index (χ1) is 8.65. The van der Waals surface area contributed by atoms with Crippen LogP contribution in [0.3, 0.4) is 0 Å². The number of fused-ring (bicyclic) bond motifs is 1. The third-order valence-electron chi connectivity index (χ3n) is 3.03. The molecule has 0 fully saturated rings. The third kappa shape index (κ3) is 1.75. The molecule has 0 N–H and O–H groups in total. The second-order valence-electron chi connectivity index (χ2n) is 3.88. The van der Waals surface area contributed by atoms with Gasteiger partial charge in [-0.25, -0.2) is 4.79 Å². The molecule has 1 unspecified atom stereocenters. The van der Waals surface area contributed by atoms with Gasteiger partial charge in [0, 0.05) is 17.5 Å². The lowest BCUT2D eigenvalue weighted by Crippen LogP contribution is -2.05. The summed E-state index contributed by atoms with van der Waals surface area (Å²) < 4.78 is 15.5. The molecule has 1 heterocycles. The van der Waals surface area contributed by atoms with Crippen LogP contribution >= 0.6 is 9.47 Å². The average molecular weight is 268 g/mol. The van der Waals surface area contributed by atoms with Crippen molar-refractivity contribution >= 4 is 21.7 Å². The Morgan fingerprint density at radius 3 is 2.72 bits per heavy atom. The summed E-state index contributed by atoms with van der Waals surface area (Å²) in [6.07, 6.45) is 0.867. The van der Waals surface area contributed by atoms with Gasteiger partial charge < -0.3 is 18.8 Å². The van der Waals surface area contributed by atoms with E-state index in [2.05, 4.69) is 9.47 Å². The van der Waals surface area contributed by atoms with Crippen LogP contribution in [0, 0.1) is 6.92 Å². The maximum atomic E-state index is 11.7. The van der Waals surface area contributed by atoms with Crippen LogP contribution in [-0.4, -0.2) is 19.4 Å². The number of hydrogen-bond acceptors (Lipinski definition) is 5. The molecule has 0 amide bonds. The van der Waals surface area contributed by atoms with E-state index < -0.39 is 5.97 Å². The van der Waals surface area contributed by atoms with Crippen molar-refractivity contribution in [1.82, 2.24) is 0 Å². The van der Waals surface area contributed by atoms with E-state index in [1.807, 2.05) is 6.92 Å². The molecule has 0 saturated heterocycles. The summed E-state index contributed by atoms with van der Waals surface area (Å²) in [6.45, 7) is 2.04. The lowest BCUT2D eigenvalue weighted by molar-refractivity contribution is -0.107. The average Bonchev–Trinajstić information content (AvgIpc) is 2.74. The minimum absolute atomic E-state index is 0.119. The monoisotopic (exact) mass is 268 g/mol. The normalized spacial score (nSPS) is 12.9. The summed E-state index contributed by atoms with van der Waals surface area (Å²) >= 11 is 0. The second kappa shape index (κ2) is 4.94. The largest absolute Gasteiger partial charge is 0.496 e. The molecule has 6 heteroatoms. The van der Waals surface area contributed by atoms with E-state index in [9.17, 15) is 9.59 Å². The van der Waals surface area contributed by atoms with Gasteiger partial charge in [0.25, 0.3) is 0 Å². The highest BCUT2D eigenvalue weighted by Gasteiger charge is 2.32. The van der Waals surface area contributed by atoms with Gasteiger partial charge in [-0.05, 0) is 12.5 Å². The van der Waals surface area contributed by atoms with Crippen LogP contribution in [-0.2, 0) is 22.6 Å². The highest BCUT2D eigenvalue weighted by atomic mass is 31.0. The highest BCUT2D eigenvalue weighted by molar-refractivity contribution is 7.10. The Morgan fingerprint density at radius 2 is 2.17 bits per heavy atom. The van der Waals surface area contributed by atoms with Crippen LogP contribution in [0.15, 0.2) is 0 Å². The molecule has 5 nitrogen and oxygen atoms in total. The molecular formula is C12H13O5P. The van der Waals surface area contributed by atoms with Gasteiger partial charge in [-0.15, -0.1) is 0 Å². The first-order valence-corrected chi connectivity index (χ1v) is 5.82. The molecule has 0 bridgehead atoms. The SMILES string of the molecule is COc1c(C)c2c(c(OP)c1CC=O)C(=O)OC2. The maximum Gasteiger partial charge on any atom is 0.342 e. The van der Waals surface area contributed by atoms with Gasteiger partial charge in [0.05, 0.1) is 16.6 Å². The first-order valence-electron chi connectivity index (χ1n) is 5.35. The van der Waals surface area contributed by atoms with Gasteiger partial charge in [0.1, 0.15) is 30.0 Å². The van der Waals surface area contributed by atoms with Crippen molar-refractivity contribution in [3.05, 3.63) is 22.3 Å². The summed E-state index contributed by atoms with van der Waals surface area (Å²) in [5, 5.41) is 0. The number of esters is 1. The third-order valence-corrected chi connectivity index (χ3v) is 3.27. The fourth-order valence-corrected chi connectivity index (χ4v) is 2.48. The van der Waals surface area contributed by atoms with Crippen LogP contribution in [0.1, 0.15) is 27.0 Å². The number of ether oxygens (including phenoxy) is 2. The summed E-state index contributed by atoms with van der Waals surface area (Å²) in [5.41, 5.74) is 2.52. The quantitative estimate of drug-likeness (QED) is 0.471. The predicted octanol–water partition coefficient (Wildman–Crippen LogP) is 1.58. The zero-order valence-corrected chi connectivity index (χ0v) is 11.3. The van der Waals surface area contributed by atoms with Gasteiger partial charge in [0.15, 0.2) is 0 Å². The standard InChI is InChI=1S/C12H13O5P/c1-6-8-5-16-12(14)9(8)11(17-18)7(3-4-13)10(6)15-2/h4H,3,5,18H2,1-2H3. The predicted molar refractivity (Wildman–Crippen MR) is 67.0 cm³/mol. The molecule has 2 rings (SSSR count). The van der Waals surface area contributed by atoms with Gasteiger partial charge >= 0.3 is 5.97 Å². The van der Waals surface area contributed by atoms with Gasteiger partial charge in [-0.1, -0.05) is 0 Å². The minimum Gasteiger partial charge on any atom is -0.496 e. The lowest BCUT2D eigenvalue weighted by Gasteiger charge is -2.17. The summed E-state index contributed by atoms with van der Waals surface area (Å²) in [5.74, 6) is 0.476. The van der Waals surface area contributed by atoms with E-state index in [-0.39, 0.29) is 13.0 Å². The molecule has 1 aromatic rings. The van der Waals surface area contributed by atoms with E-state index in [1.54, 1.807) is 0 Å². The van der Waals surface area contributed by atoms with Gasteiger partial charge in [-0.3, -0.25) is 0 Å². The Kier molecular flexibility index (Phi) is 3.53. The fourth-order valence-electron chi connectivity index (χ4n) is 2.22. The Labute approximate surface area is 107 Å². The zero-order chi connectivity index (χ0) is 13.3. The number of hydrogen-bond donors (Lipinski definition) is 0. The van der Waals surface area contributed by atoms with Crippen LogP contribution in [0.2, 0.25) is 0 Å². The highest BCUT2D eigenvalue weighted by Crippen LogP contribution is 2.42. The maximum absolute atomic E-state index is 11.7. The van der Waals surface area contributed by atoms with Crippen LogP contribution in [0.25, 0.3) is 0 Å². The zero-order valence-electron chi connectivity index (χ0n) is 10.1. The minimum atomic E-state index is -0.430. The molecule has 0 saturated carbocycles. The van der Waals surface area contributed by atoms with E-state index in [1.165, 1.54) is 7.11 Å². The topological polar surface area (TPSA) is 61.8 Å². The smallest absolute Gasteiger partial charge is 0.342 e. The van der Waals surface area contributed by atoms with Crippen molar-refractivity contribution in [2.45, 2.75) is 20.0 Å². The van der Waals surface area contributed by atoms with Gasteiger partial charge in [-0.2, -0.15) is 0 Å². The number of rotatable bonds is 4. The van der Waals surface area contributed by atoms with Crippen molar-refractivity contribution in [3.8, 4) is 11.5 Å². The Morgan fingerprint density at radius 1 is 1.44 bits per heavy atom. The Balaban J connectivity index is 2.79. The van der Waals surface area contributed by atoms with Crippen molar-refractivity contribution < 1.29 is 23.6 Å². The van der Waals surface area contributed by atoms with E-state index >= 15 is 0 Å². The van der Waals surface area contributed by atoms with Crippen molar-refractivity contribution in [3.63, 3.8) is 0 Å². The molecule has 1 aliphatic rings. The molecule has 0 radical (unpaired) electrons. The number of methoxy groups -OCH3 is 1. The molecule has 0 spiro atoms. The summed E-state index contributed by atoms with van der Waals surface area (Å²) in [6, 6.07) is 0. The fraction of sp³-hybridized carbons (Fsp3) is 0.333. The lowest BCUT2D eigenvalue weighted by atomic mass is 9.96. The van der Waals surface area contributed by atoms with Crippen LogP contribution < -0.4 is 9.26 Å². The van der Waals surface area contributed by atoms with E-state index in [0.717, 1.165) is 17.4 Å². The molecule has 1 aliphatic heterocycles. The number of benzene rings is 1. The van der Waals surface area contributed by atoms with Crippen molar-refractivity contribution in [2.24, 2.45) is 0 Å². The summed E-state index contributed by atoms with van der Waals surface area (Å²) in [4.78, 5) is 22.5. The molecular weight excluding hydrogens is 255 g/mol. The number of aldehydes is 1. The molecule has 0 aromatic heterocycles. The Hall–Kier alpha value is -1.61. The van der Waals surface area contributed by atoms with E-state index in [4.69, 9.17) is 14.0 Å². The molecule has 1 aromatic carbocycles. The number of carbonyl (C=O) groups excluding carboxylic acids is 2. The number of carbonyl (C=O) groups is 2. The van der Waals surface area contributed by atoms with E-state index in [0.29, 0.717) is 22.6 Å². The molecule has 96 valence electrons. The second-order valence-corrected chi connectivity index (χ2v) is 4.12. The Bertz CT molecular complexity index is 524. The molecule has 0 aliphatic carbocycles.